The maximum atomic E-state index is 12.1. The molecule has 1 amide bonds. The molecule has 0 aliphatic heterocycles. The molecule has 0 heterocycles. The number of hydrazone groups is 1. The Hall–Kier alpha value is -3.42. The molecule has 1 N–H and O–H groups in total. The molecule has 0 saturated carbocycles. The summed E-state index contributed by atoms with van der Waals surface area (Å²) in [7, 11) is 1.36. The summed E-state index contributed by atoms with van der Waals surface area (Å²) in [5, 5.41) is 15.2. The summed E-state index contributed by atoms with van der Waals surface area (Å²) >= 11 is 0. The first-order chi connectivity index (χ1) is 13.7. The Kier molecular flexibility index (Phi) is 7.30. The van der Waals surface area contributed by atoms with E-state index < -0.39 is 10.8 Å². The fraction of sp³-hybridized carbons (Fsp3) is 0.333. The van der Waals surface area contributed by atoms with Gasteiger partial charge in [-0.05, 0) is 49.1 Å². The lowest BCUT2D eigenvalue weighted by atomic mass is 10.0. The summed E-state index contributed by atoms with van der Waals surface area (Å²) < 4.78 is 10.7. The molecule has 2 aromatic carbocycles. The highest BCUT2D eigenvalue weighted by molar-refractivity contribution is 6.00. The predicted octanol–water partition coefficient (Wildman–Crippen LogP) is 3.95. The second kappa shape index (κ2) is 9.68. The van der Waals surface area contributed by atoms with Crippen LogP contribution in [-0.2, 0) is 4.79 Å². The Bertz CT molecular complexity index is 938. The molecule has 0 aliphatic rings. The largest absolute Gasteiger partial charge is 0.490 e. The monoisotopic (exact) mass is 399 g/mol. The summed E-state index contributed by atoms with van der Waals surface area (Å²) in [6.07, 6.45) is 0. The van der Waals surface area contributed by atoms with Crippen molar-refractivity contribution in [3.05, 3.63) is 63.2 Å². The molecule has 0 spiro atoms. The SMILES string of the molecule is COc1ccc(C(C)=NNC(=O)COc2cc(C)ccc2C(C)C)cc1[N+](=O)[O-]. The van der Waals surface area contributed by atoms with Crippen molar-refractivity contribution in [1.29, 1.82) is 0 Å². The molecule has 8 nitrogen and oxygen atoms in total. The molecule has 154 valence electrons. The number of nitro benzene ring substituents is 1. The first kappa shape index (κ1) is 21.9. The first-order valence-corrected chi connectivity index (χ1v) is 9.12. The number of benzene rings is 2. The van der Waals surface area contributed by atoms with Crippen molar-refractivity contribution >= 4 is 17.3 Å². The standard InChI is InChI=1S/C21H25N3O5/c1-13(2)17-8-6-14(3)10-20(17)29-12-21(25)23-22-15(4)16-7-9-19(28-5)18(11-16)24(26)27/h6-11,13H,12H2,1-5H3,(H,23,25). The van der Waals surface area contributed by atoms with Gasteiger partial charge in [-0.15, -0.1) is 0 Å². The highest BCUT2D eigenvalue weighted by atomic mass is 16.6. The number of rotatable bonds is 8. The summed E-state index contributed by atoms with van der Waals surface area (Å²) in [5.41, 5.74) is 5.23. The van der Waals surface area contributed by atoms with E-state index in [1.807, 2.05) is 25.1 Å². The molecule has 0 unspecified atom stereocenters. The molecule has 2 aromatic rings. The van der Waals surface area contributed by atoms with Crippen LogP contribution in [0.2, 0.25) is 0 Å². The van der Waals surface area contributed by atoms with Crippen LogP contribution in [0.3, 0.4) is 0 Å². The Labute approximate surface area is 169 Å². The Morgan fingerprint density at radius 3 is 2.55 bits per heavy atom. The third-order valence-corrected chi connectivity index (χ3v) is 4.29. The van der Waals surface area contributed by atoms with Crippen LogP contribution in [0.4, 0.5) is 5.69 Å². The Morgan fingerprint density at radius 1 is 1.21 bits per heavy atom. The van der Waals surface area contributed by atoms with Gasteiger partial charge in [0, 0.05) is 11.6 Å². The quantitative estimate of drug-likeness (QED) is 0.411. The number of hydrogen-bond acceptors (Lipinski definition) is 6. The van der Waals surface area contributed by atoms with Crippen LogP contribution >= 0.6 is 0 Å². The van der Waals surface area contributed by atoms with E-state index in [4.69, 9.17) is 9.47 Å². The molecule has 8 heteroatoms. The minimum atomic E-state index is -0.532. The van der Waals surface area contributed by atoms with Crippen molar-refractivity contribution < 1.29 is 19.2 Å². The zero-order valence-corrected chi connectivity index (χ0v) is 17.2. The number of methoxy groups -OCH3 is 1. The van der Waals surface area contributed by atoms with Crippen LogP contribution in [0.1, 0.15) is 43.4 Å². The molecule has 2 rings (SSSR count). The predicted molar refractivity (Wildman–Crippen MR) is 111 cm³/mol. The highest BCUT2D eigenvalue weighted by Crippen LogP contribution is 2.28. The number of carbonyl (C=O) groups is 1. The lowest BCUT2D eigenvalue weighted by Gasteiger charge is -2.14. The van der Waals surface area contributed by atoms with Gasteiger partial charge in [-0.1, -0.05) is 26.0 Å². The summed E-state index contributed by atoms with van der Waals surface area (Å²) in [5.74, 6) is 0.660. The normalized spacial score (nSPS) is 11.3. The lowest BCUT2D eigenvalue weighted by Crippen LogP contribution is -2.26. The maximum Gasteiger partial charge on any atom is 0.311 e. The molecule has 0 saturated heterocycles. The zero-order chi connectivity index (χ0) is 21.6. The van der Waals surface area contributed by atoms with Crippen LogP contribution in [0.15, 0.2) is 41.5 Å². The van der Waals surface area contributed by atoms with Gasteiger partial charge in [-0.25, -0.2) is 5.43 Å². The smallest absolute Gasteiger partial charge is 0.311 e. The molecule has 0 atom stereocenters. The average Bonchev–Trinajstić information content (AvgIpc) is 2.69. The van der Waals surface area contributed by atoms with E-state index in [1.165, 1.54) is 19.2 Å². The van der Waals surface area contributed by atoms with Crippen LogP contribution in [0.25, 0.3) is 0 Å². The molecule has 0 bridgehead atoms. The van der Waals surface area contributed by atoms with E-state index >= 15 is 0 Å². The third-order valence-electron chi connectivity index (χ3n) is 4.29. The number of nitrogens with one attached hydrogen (secondary N) is 1. The molecule has 0 aromatic heterocycles. The van der Waals surface area contributed by atoms with Gasteiger partial charge in [0.2, 0.25) is 0 Å². The third kappa shape index (κ3) is 5.78. The van der Waals surface area contributed by atoms with Gasteiger partial charge in [0.05, 0.1) is 17.7 Å². The van der Waals surface area contributed by atoms with E-state index in [1.54, 1.807) is 13.0 Å². The van der Waals surface area contributed by atoms with Crippen molar-refractivity contribution in [1.82, 2.24) is 5.43 Å². The Balaban J connectivity index is 2.05. The summed E-state index contributed by atoms with van der Waals surface area (Å²) in [6.45, 7) is 7.52. The number of ether oxygens (including phenoxy) is 2. The van der Waals surface area contributed by atoms with E-state index in [2.05, 4.69) is 24.4 Å². The van der Waals surface area contributed by atoms with E-state index in [9.17, 15) is 14.9 Å². The number of nitrogens with zero attached hydrogens (tertiary/aromatic N) is 2. The van der Waals surface area contributed by atoms with Gasteiger partial charge in [-0.2, -0.15) is 5.10 Å². The van der Waals surface area contributed by atoms with Crippen molar-refractivity contribution in [3.63, 3.8) is 0 Å². The van der Waals surface area contributed by atoms with Gasteiger partial charge in [0.25, 0.3) is 5.91 Å². The van der Waals surface area contributed by atoms with Gasteiger partial charge >= 0.3 is 5.69 Å². The van der Waals surface area contributed by atoms with Crippen molar-refractivity contribution in [2.45, 2.75) is 33.6 Å². The van der Waals surface area contributed by atoms with Crippen molar-refractivity contribution in [2.24, 2.45) is 5.10 Å². The topological polar surface area (TPSA) is 103 Å². The van der Waals surface area contributed by atoms with Crippen molar-refractivity contribution in [2.75, 3.05) is 13.7 Å². The molecule has 0 fully saturated rings. The van der Waals surface area contributed by atoms with Gasteiger partial charge < -0.3 is 9.47 Å². The second-order valence-corrected chi connectivity index (χ2v) is 6.86. The first-order valence-electron chi connectivity index (χ1n) is 9.12. The number of carbonyl (C=O) groups excluding carboxylic acids is 1. The zero-order valence-electron chi connectivity index (χ0n) is 17.2. The molecular weight excluding hydrogens is 374 g/mol. The van der Waals surface area contributed by atoms with Crippen LogP contribution in [-0.4, -0.2) is 30.3 Å². The molecule has 0 aliphatic carbocycles. The van der Waals surface area contributed by atoms with E-state index in [0.717, 1.165) is 11.1 Å². The highest BCUT2D eigenvalue weighted by Gasteiger charge is 2.16. The molecule has 0 radical (unpaired) electrons. The minimum Gasteiger partial charge on any atom is -0.490 e. The van der Waals surface area contributed by atoms with Gasteiger partial charge in [-0.3, -0.25) is 14.9 Å². The van der Waals surface area contributed by atoms with E-state index in [0.29, 0.717) is 17.0 Å². The van der Waals surface area contributed by atoms with Gasteiger partial charge in [0.15, 0.2) is 12.4 Å². The molecule has 29 heavy (non-hydrogen) atoms. The average molecular weight is 399 g/mol. The van der Waals surface area contributed by atoms with Gasteiger partial charge in [0.1, 0.15) is 5.75 Å². The number of nitro groups is 1. The van der Waals surface area contributed by atoms with Crippen LogP contribution in [0.5, 0.6) is 11.5 Å². The van der Waals surface area contributed by atoms with Crippen LogP contribution in [0, 0.1) is 17.0 Å². The Morgan fingerprint density at radius 2 is 1.93 bits per heavy atom. The van der Waals surface area contributed by atoms with E-state index in [-0.39, 0.29) is 24.0 Å². The fourth-order valence-corrected chi connectivity index (χ4v) is 2.69. The lowest BCUT2D eigenvalue weighted by molar-refractivity contribution is -0.385. The van der Waals surface area contributed by atoms with Crippen molar-refractivity contribution in [3.8, 4) is 11.5 Å². The number of amides is 1. The minimum absolute atomic E-state index is 0.156. The number of aryl methyl sites for hydroxylation is 1. The molecular formula is C21H25N3O5. The summed E-state index contributed by atoms with van der Waals surface area (Å²) in [4.78, 5) is 22.7. The maximum absolute atomic E-state index is 12.1. The summed E-state index contributed by atoms with van der Waals surface area (Å²) in [6, 6.07) is 10.4. The number of hydrogen-bond donors (Lipinski definition) is 1. The fourth-order valence-electron chi connectivity index (χ4n) is 2.69. The van der Waals surface area contributed by atoms with Crippen LogP contribution < -0.4 is 14.9 Å². The second-order valence-electron chi connectivity index (χ2n) is 6.86.